The van der Waals surface area contributed by atoms with Crippen molar-refractivity contribution in [3.05, 3.63) is 51.7 Å². The van der Waals surface area contributed by atoms with E-state index >= 15 is 0 Å². The van der Waals surface area contributed by atoms with Gasteiger partial charge in [0.1, 0.15) is 11.9 Å². The maximum Gasteiger partial charge on any atom is 0.148 e. The van der Waals surface area contributed by atoms with E-state index in [1.165, 1.54) is 15.3 Å². The minimum absolute atomic E-state index is 0.0456. The highest BCUT2D eigenvalue weighted by atomic mass is 32.1. The zero-order chi connectivity index (χ0) is 14.7. The normalized spacial score (nSPS) is 14.3. The molecule has 20 heavy (non-hydrogen) atoms. The third-order valence-corrected chi connectivity index (χ3v) is 4.37. The second-order valence-electron chi connectivity index (χ2n) is 5.57. The molecule has 2 N–H and O–H groups in total. The van der Waals surface area contributed by atoms with Crippen molar-refractivity contribution in [2.24, 2.45) is 5.73 Å². The van der Waals surface area contributed by atoms with E-state index in [4.69, 9.17) is 10.5 Å². The predicted octanol–water partition coefficient (Wildman–Crippen LogP) is 4.65. The Morgan fingerprint density at radius 2 is 1.85 bits per heavy atom. The van der Waals surface area contributed by atoms with Gasteiger partial charge in [0.05, 0.1) is 0 Å². The van der Waals surface area contributed by atoms with Crippen LogP contribution in [0.5, 0.6) is 5.75 Å². The van der Waals surface area contributed by atoms with Gasteiger partial charge in [0.25, 0.3) is 0 Å². The van der Waals surface area contributed by atoms with Crippen molar-refractivity contribution in [2.75, 3.05) is 0 Å². The molecule has 3 heteroatoms. The minimum Gasteiger partial charge on any atom is -0.483 e. The topological polar surface area (TPSA) is 35.2 Å². The van der Waals surface area contributed by atoms with Crippen LogP contribution >= 0.6 is 11.3 Å². The van der Waals surface area contributed by atoms with E-state index in [1.807, 2.05) is 19.1 Å². The van der Waals surface area contributed by atoms with Crippen LogP contribution in [0.25, 0.3) is 0 Å². The number of hydrogen-bond acceptors (Lipinski definition) is 3. The van der Waals surface area contributed by atoms with Gasteiger partial charge in [0, 0.05) is 15.8 Å². The Morgan fingerprint density at radius 1 is 1.10 bits per heavy atom. The molecule has 108 valence electrons. The van der Waals surface area contributed by atoms with E-state index in [0.29, 0.717) is 5.92 Å². The molecule has 0 fully saturated rings. The van der Waals surface area contributed by atoms with E-state index in [-0.39, 0.29) is 12.1 Å². The summed E-state index contributed by atoms with van der Waals surface area (Å²) in [4.78, 5) is 2.47. The Labute approximate surface area is 125 Å². The molecule has 0 aliphatic heterocycles. The van der Waals surface area contributed by atoms with Crippen molar-refractivity contribution >= 4 is 11.3 Å². The molecule has 1 aromatic heterocycles. The van der Waals surface area contributed by atoms with Crippen LogP contribution in [0, 0.1) is 6.92 Å². The van der Waals surface area contributed by atoms with Crippen LogP contribution in [-0.2, 0) is 0 Å². The molecule has 2 atom stereocenters. The summed E-state index contributed by atoms with van der Waals surface area (Å²) in [6.45, 7) is 8.47. The fraction of sp³-hybridized carbons (Fsp3) is 0.412. The smallest absolute Gasteiger partial charge is 0.148 e. The third kappa shape index (κ3) is 3.62. The van der Waals surface area contributed by atoms with Crippen LogP contribution in [-0.4, -0.2) is 6.04 Å². The molecule has 0 saturated heterocycles. The zero-order valence-corrected chi connectivity index (χ0v) is 13.4. The molecule has 2 rings (SSSR count). The zero-order valence-electron chi connectivity index (χ0n) is 12.6. The Kier molecular flexibility index (Phi) is 4.84. The molecule has 2 unspecified atom stereocenters. The second-order valence-corrected chi connectivity index (χ2v) is 6.89. The van der Waals surface area contributed by atoms with Crippen molar-refractivity contribution in [3.63, 3.8) is 0 Å². The molecule has 0 spiro atoms. The summed E-state index contributed by atoms with van der Waals surface area (Å²) in [7, 11) is 0. The lowest BCUT2D eigenvalue weighted by molar-refractivity contribution is 0.184. The molecule has 1 heterocycles. The van der Waals surface area contributed by atoms with Crippen LogP contribution < -0.4 is 10.5 Å². The van der Waals surface area contributed by atoms with Gasteiger partial charge in [-0.1, -0.05) is 26.0 Å². The number of rotatable bonds is 5. The Hall–Kier alpha value is -1.32. The molecule has 0 bridgehead atoms. The summed E-state index contributed by atoms with van der Waals surface area (Å²) >= 11 is 1.75. The van der Waals surface area contributed by atoms with Crippen LogP contribution in [0.15, 0.2) is 36.4 Å². The fourth-order valence-corrected chi connectivity index (χ4v) is 3.15. The highest BCUT2D eigenvalue weighted by Gasteiger charge is 2.20. The average Bonchev–Trinajstić information content (AvgIpc) is 2.82. The average molecular weight is 289 g/mol. The van der Waals surface area contributed by atoms with Gasteiger partial charge in [-0.25, -0.2) is 0 Å². The first-order valence-electron chi connectivity index (χ1n) is 7.06. The first-order valence-corrected chi connectivity index (χ1v) is 7.87. The van der Waals surface area contributed by atoms with E-state index < -0.39 is 0 Å². The maximum absolute atomic E-state index is 6.15. The molecular weight excluding hydrogens is 266 g/mol. The van der Waals surface area contributed by atoms with Crippen molar-refractivity contribution < 1.29 is 4.74 Å². The number of benzene rings is 1. The molecule has 0 aliphatic carbocycles. The van der Waals surface area contributed by atoms with Gasteiger partial charge < -0.3 is 10.5 Å². The minimum atomic E-state index is -0.0869. The summed E-state index contributed by atoms with van der Waals surface area (Å²) in [5, 5.41) is 0. The standard InChI is InChI=1S/C17H23NOS/c1-11(2)14-6-5-7-15(10-14)19-17(13(4)18)16-9-8-12(3)20-16/h5-11,13,17H,18H2,1-4H3. The van der Waals surface area contributed by atoms with Gasteiger partial charge in [0.2, 0.25) is 0 Å². The fourth-order valence-electron chi connectivity index (χ4n) is 2.12. The van der Waals surface area contributed by atoms with Gasteiger partial charge in [-0.05, 0) is 49.6 Å². The molecule has 0 amide bonds. The van der Waals surface area contributed by atoms with E-state index in [1.54, 1.807) is 11.3 Å². The molecule has 2 aromatic rings. The molecule has 1 aromatic carbocycles. The predicted molar refractivity (Wildman–Crippen MR) is 86.6 cm³/mol. The first-order chi connectivity index (χ1) is 9.47. The van der Waals surface area contributed by atoms with Crippen LogP contribution in [0.4, 0.5) is 0 Å². The number of nitrogens with two attached hydrogens (primary N) is 1. The first kappa shape index (κ1) is 15.1. The summed E-state index contributed by atoms with van der Waals surface area (Å²) in [5.41, 5.74) is 7.39. The Morgan fingerprint density at radius 3 is 2.40 bits per heavy atom. The number of aryl methyl sites for hydroxylation is 1. The number of hydrogen-bond donors (Lipinski definition) is 1. The SMILES string of the molecule is Cc1ccc(C(Oc2cccc(C(C)C)c2)C(C)N)s1. The summed E-state index contributed by atoms with van der Waals surface area (Å²) in [5.74, 6) is 1.39. The van der Waals surface area contributed by atoms with Gasteiger partial charge in [-0.3, -0.25) is 0 Å². The number of ether oxygens (including phenoxy) is 1. The summed E-state index contributed by atoms with van der Waals surface area (Å²) < 4.78 is 6.15. The van der Waals surface area contributed by atoms with Crippen molar-refractivity contribution in [2.45, 2.75) is 45.8 Å². The van der Waals surface area contributed by atoms with Gasteiger partial charge in [-0.15, -0.1) is 11.3 Å². The van der Waals surface area contributed by atoms with Crippen LogP contribution in [0.3, 0.4) is 0 Å². The summed E-state index contributed by atoms with van der Waals surface area (Å²) in [6.07, 6.45) is -0.0869. The Balaban J connectivity index is 2.22. The third-order valence-electron chi connectivity index (χ3n) is 3.31. The van der Waals surface area contributed by atoms with Crippen molar-refractivity contribution in [3.8, 4) is 5.75 Å². The Bertz CT molecular complexity index is 560. The molecular formula is C17H23NOS. The molecule has 0 saturated carbocycles. The van der Waals surface area contributed by atoms with E-state index in [9.17, 15) is 0 Å². The van der Waals surface area contributed by atoms with Crippen molar-refractivity contribution in [1.29, 1.82) is 0 Å². The quantitative estimate of drug-likeness (QED) is 0.869. The van der Waals surface area contributed by atoms with Gasteiger partial charge >= 0.3 is 0 Å². The highest BCUT2D eigenvalue weighted by Crippen LogP contribution is 2.30. The molecule has 0 radical (unpaired) electrons. The van der Waals surface area contributed by atoms with Gasteiger partial charge in [-0.2, -0.15) is 0 Å². The lowest BCUT2D eigenvalue weighted by Gasteiger charge is -2.22. The van der Waals surface area contributed by atoms with E-state index in [0.717, 1.165) is 5.75 Å². The molecule has 0 aliphatic rings. The van der Waals surface area contributed by atoms with Crippen LogP contribution in [0.2, 0.25) is 0 Å². The lowest BCUT2D eigenvalue weighted by atomic mass is 10.0. The highest BCUT2D eigenvalue weighted by molar-refractivity contribution is 7.12. The second kappa shape index (κ2) is 6.42. The van der Waals surface area contributed by atoms with E-state index in [2.05, 4.69) is 45.0 Å². The largest absolute Gasteiger partial charge is 0.483 e. The lowest BCUT2D eigenvalue weighted by Crippen LogP contribution is -2.28. The molecule has 2 nitrogen and oxygen atoms in total. The maximum atomic E-state index is 6.15. The van der Waals surface area contributed by atoms with Crippen LogP contribution in [0.1, 0.15) is 48.1 Å². The number of thiophene rings is 1. The van der Waals surface area contributed by atoms with Crippen molar-refractivity contribution in [1.82, 2.24) is 0 Å². The monoisotopic (exact) mass is 289 g/mol. The van der Waals surface area contributed by atoms with Gasteiger partial charge in [0.15, 0.2) is 0 Å². The summed E-state index contributed by atoms with van der Waals surface area (Å²) in [6, 6.07) is 12.5.